The zero-order valence-electron chi connectivity index (χ0n) is 53.5. The van der Waals surface area contributed by atoms with Gasteiger partial charge in [-0.15, -0.1) is 11.3 Å². The molecular formula is C78H92BN3S. The van der Waals surface area contributed by atoms with Gasteiger partial charge in [0.25, 0.3) is 6.71 Å². The molecule has 7 aromatic rings. The number of nitrogens with zero attached hydrogens (tertiary/aromatic N) is 3. The minimum atomic E-state index is -0.117. The van der Waals surface area contributed by atoms with Gasteiger partial charge >= 0.3 is 0 Å². The predicted molar refractivity (Wildman–Crippen MR) is 358 cm³/mol. The summed E-state index contributed by atoms with van der Waals surface area (Å²) in [6, 6.07) is 41.8. The maximum absolute atomic E-state index is 2.89. The van der Waals surface area contributed by atoms with Crippen LogP contribution in [0.4, 0.5) is 45.5 Å². The summed E-state index contributed by atoms with van der Waals surface area (Å²) in [5.41, 5.74) is 28.5. The van der Waals surface area contributed by atoms with E-state index in [1.165, 1.54) is 188 Å². The fraction of sp³-hybridized carbons (Fsp3) is 0.513. The maximum atomic E-state index is 2.89. The van der Waals surface area contributed by atoms with Gasteiger partial charge < -0.3 is 14.7 Å². The molecule has 0 spiro atoms. The van der Waals surface area contributed by atoms with E-state index in [9.17, 15) is 0 Å². The molecule has 10 aliphatic rings. The van der Waals surface area contributed by atoms with Crippen LogP contribution < -0.4 is 30.4 Å². The number of hydrogen-bond acceptors (Lipinski definition) is 4. The van der Waals surface area contributed by atoms with Gasteiger partial charge in [-0.25, -0.2) is 0 Å². The summed E-state index contributed by atoms with van der Waals surface area (Å²) in [7, 11) is 0. The number of hydrogen-bond donors (Lipinski definition) is 0. The molecule has 6 aromatic carbocycles. The van der Waals surface area contributed by atoms with Gasteiger partial charge in [-0.1, -0.05) is 153 Å². The van der Waals surface area contributed by atoms with Crippen molar-refractivity contribution < 1.29 is 0 Å². The molecule has 0 N–H and O–H groups in total. The van der Waals surface area contributed by atoms with Crippen molar-refractivity contribution in [1.82, 2.24) is 0 Å². The molecule has 83 heavy (non-hydrogen) atoms. The average molecular weight is 1110 g/mol. The van der Waals surface area contributed by atoms with Crippen LogP contribution in [-0.4, -0.2) is 12.3 Å². The molecule has 2 bridgehead atoms. The van der Waals surface area contributed by atoms with E-state index in [0.717, 1.165) is 6.42 Å². The van der Waals surface area contributed by atoms with Gasteiger partial charge in [0.05, 0.1) is 11.2 Å². The van der Waals surface area contributed by atoms with E-state index in [2.05, 4.69) is 234 Å². The fourth-order valence-corrected chi connectivity index (χ4v) is 21.0. The number of thiophene rings is 1. The summed E-state index contributed by atoms with van der Waals surface area (Å²) in [5, 5.41) is 1.46. The van der Waals surface area contributed by atoms with E-state index in [4.69, 9.17) is 0 Å². The van der Waals surface area contributed by atoms with Gasteiger partial charge in [0, 0.05) is 60.1 Å². The number of fused-ring (bicyclic) bond motifs is 14. The Kier molecular flexibility index (Phi) is 10.5. The highest BCUT2D eigenvalue weighted by Crippen LogP contribution is 2.64. The Balaban J connectivity index is 1.07. The summed E-state index contributed by atoms with van der Waals surface area (Å²) in [6.07, 6.45) is 17.1. The number of anilines is 8. The monoisotopic (exact) mass is 1110 g/mol. The Morgan fingerprint density at radius 1 is 0.373 bits per heavy atom. The van der Waals surface area contributed by atoms with Crippen LogP contribution in [0.3, 0.4) is 0 Å². The molecule has 2 atom stereocenters. The van der Waals surface area contributed by atoms with Crippen molar-refractivity contribution in [3.63, 3.8) is 0 Å². The summed E-state index contributed by atoms with van der Waals surface area (Å²) < 4.78 is 2.98. The van der Waals surface area contributed by atoms with Crippen LogP contribution in [0.25, 0.3) is 10.1 Å². The van der Waals surface area contributed by atoms with Gasteiger partial charge in [-0.05, 0) is 249 Å². The van der Waals surface area contributed by atoms with E-state index in [-0.39, 0.29) is 61.0 Å². The Hall–Kier alpha value is -5.26. The largest absolute Gasteiger partial charge is 0.334 e. The maximum Gasteiger partial charge on any atom is 0.264 e. The second-order valence-electron chi connectivity index (χ2n) is 33.7. The van der Waals surface area contributed by atoms with Crippen LogP contribution in [0.5, 0.6) is 0 Å². The van der Waals surface area contributed by atoms with Gasteiger partial charge in [-0.3, -0.25) is 0 Å². The number of para-hydroxylation sites is 1. The third kappa shape index (κ3) is 6.93. The van der Waals surface area contributed by atoms with Crippen molar-refractivity contribution >= 4 is 89.3 Å². The van der Waals surface area contributed by atoms with Crippen LogP contribution in [0.15, 0.2) is 97.1 Å². The van der Waals surface area contributed by atoms with Gasteiger partial charge in [0.15, 0.2) is 0 Å². The lowest BCUT2D eigenvalue weighted by Gasteiger charge is -2.52. The second-order valence-corrected chi connectivity index (χ2v) is 34.8. The molecule has 17 rings (SSSR count). The molecule has 2 fully saturated rings. The molecule has 3 aliphatic heterocycles. The Labute approximate surface area is 503 Å². The molecule has 2 saturated carbocycles. The van der Waals surface area contributed by atoms with Crippen molar-refractivity contribution in [2.75, 3.05) is 14.7 Å². The topological polar surface area (TPSA) is 9.72 Å². The van der Waals surface area contributed by atoms with E-state index in [1.54, 1.807) is 16.7 Å². The Morgan fingerprint density at radius 2 is 0.855 bits per heavy atom. The standard InChI is InChI=1S/C78H92BN3S/c1-69(2)29-31-71(5,6)54-39-47(23-25-51(54)69)80-62-45-57-56(73(9,10)33-34-74(57,11)12)44-60(62)79-66-63(80)41-49(82-61-22-18-17-21-53(61)77(15)27-19-20-28-78(77,82)16)42-64(66)81(48-24-26-52-55(40-48)72(7,8)32-30-70(52,3)4)67-50-43-58-59(46-65(50)83-68(67)79)76(14)37-35-75(58,13)36-38-76/h17-18,21-26,39-46H,19-20,27-38H2,1-16H3. The smallest absolute Gasteiger partial charge is 0.264 e. The first-order valence-corrected chi connectivity index (χ1v) is 33.6. The van der Waals surface area contributed by atoms with Crippen molar-refractivity contribution in [2.24, 2.45) is 0 Å². The molecule has 7 aliphatic carbocycles. The highest BCUT2D eigenvalue weighted by atomic mass is 32.1. The zero-order valence-corrected chi connectivity index (χ0v) is 54.3. The lowest BCUT2D eigenvalue weighted by molar-refractivity contribution is 0.188. The van der Waals surface area contributed by atoms with E-state index in [1.807, 2.05) is 0 Å². The van der Waals surface area contributed by atoms with Crippen molar-refractivity contribution in [3.8, 4) is 0 Å². The minimum Gasteiger partial charge on any atom is -0.334 e. The fourth-order valence-electron chi connectivity index (χ4n) is 19.7. The molecule has 0 amide bonds. The van der Waals surface area contributed by atoms with Gasteiger partial charge in [0.2, 0.25) is 0 Å². The molecule has 5 heteroatoms. The minimum absolute atomic E-state index is 0.0106. The van der Waals surface area contributed by atoms with Gasteiger partial charge in [0.1, 0.15) is 0 Å². The van der Waals surface area contributed by atoms with Crippen LogP contribution in [0, 0.1) is 0 Å². The molecule has 1 aromatic heterocycles. The first-order chi connectivity index (χ1) is 39.0. The SMILES string of the molecule is CC1(C)CCC(C)(C)c2cc(N3c4cc5c(cc4B4c6sc7cc8c(cc7c6N(c6ccc7c(c6)C(C)(C)CCC7(C)C)c6cc(N7c9ccccc9C9(C)CCCCC79C)cc3c64)C3(C)CCC8(C)CC3)C(C)(C)CCC5(C)C)ccc21. The van der Waals surface area contributed by atoms with Crippen LogP contribution in [0.2, 0.25) is 0 Å². The van der Waals surface area contributed by atoms with Crippen molar-refractivity contribution in [1.29, 1.82) is 0 Å². The van der Waals surface area contributed by atoms with Crippen LogP contribution in [0.1, 0.15) is 251 Å². The van der Waals surface area contributed by atoms with E-state index < -0.39 is 0 Å². The molecule has 4 heterocycles. The summed E-state index contributed by atoms with van der Waals surface area (Å²) >= 11 is 2.14. The molecular weight excluding hydrogens is 1020 g/mol. The molecule has 428 valence electrons. The average Bonchev–Trinajstić information content (AvgIpc) is 1.73. The van der Waals surface area contributed by atoms with Crippen LogP contribution in [-0.2, 0) is 48.7 Å². The number of rotatable bonds is 3. The van der Waals surface area contributed by atoms with E-state index in [0.29, 0.717) is 0 Å². The lowest BCUT2D eigenvalue weighted by Crippen LogP contribution is -2.61. The molecule has 2 unspecified atom stereocenters. The summed E-state index contributed by atoms with van der Waals surface area (Å²) in [4.78, 5) is 8.60. The highest BCUT2D eigenvalue weighted by Gasteiger charge is 2.59. The van der Waals surface area contributed by atoms with Crippen LogP contribution >= 0.6 is 11.3 Å². The first kappa shape index (κ1) is 53.2. The first-order valence-electron chi connectivity index (χ1n) is 32.8. The summed E-state index contributed by atoms with van der Waals surface area (Å²) in [5.74, 6) is 0. The quantitative estimate of drug-likeness (QED) is 0.163. The number of benzene rings is 6. The normalized spacial score (nSPS) is 29.0. The predicted octanol–water partition coefficient (Wildman–Crippen LogP) is 19.9. The summed E-state index contributed by atoms with van der Waals surface area (Å²) in [6.45, 7) is 40.8. The molecule has 0 radical (unpaired) electrons. The third-order valence-electron chi connectivity index (χ3n) is 26.0. The Morgan fingerprint density at radius 3 is 1.43 bits per heavy atom. The zero-order chi connectivity index (χ0) is 57.9. The van der Waals surface area contributed by atoms with Crippen molar-refractivity contribution in [2.45, 2.75) is 255 Å². The van der Waals surface area contributed by atoms with Gasteiger partial charge in [-0.2, -0.15) is 0 Å². The molecule has 0 saturated heterocycles. The molecule has 3 nitrogen and oxygen atoms in total. The van der Waals surface area contributed by atoms with Crippen molar-refractivity contribution in [3.05, 3.63) is 147 Å². The van der Waals surface area contributed by atoms with E-state index >= 15 is 0 Å². The lowest BCUT2D eigenvalue weighted by atomic mass is 9.35. The third-order valence-corrected chi connectivity index (χ3v) is 27.2. The highest BCUT2D eigenvalue weighted by molar-refractivity contribution is 7.33. The second kappa shape index (κ2) is 16.4. The Bertz CT molecular complexity index is 4000.